The summed E-state index contributed by atoms with van der Waals surface area (Å²) >= 11 is 0. The lowest BCUT2D eigenvalue weighted by molar-refractivity contribution is -0.131. The molecule has 3 rings (SSSR count). The molecular weight excluding hydrogens is 432 g/mol. The Bertz CT molecular complexity index is 1330. The summed E-state index contributed by atoms with van der Waals surface area (Å²) in [5.74, 6) is 0.400. The molecule has 0 fully saturated rings. The largest absolute Gasteiger partial charge is 0.497 e. The zero-order valence-electron chi connectivity index (χ0n) is 18.4. The Morgan fingerprint density at radius 3 is 2.59 bits per heavy atom. The van der Waals surface area contributed by atoms with Crippen LogP contribution in [0.1, 0.15) is 36.1 Å². The number of primary sulfonamides is 1. The van der Waals surface area contributed by atoms with Crippen molar-refractivity contribution in [3.05, 3.63) is 69.6 Å². The third kappa shape index (κ3) is 4.84. The number of carbonyl (C=O) groups is 1. The maximum absolute atomic E-state index is 12.8. The van der Waals surface area contributed by atoms with Gasteiger partial charge in [-0.25, -0.2) is 18.4 Å². The van der Waals surface area contributed by atoms with Crippen LogP contribution < -0.4 is 15.5 Å². The zero-order valence-corrected chi connectivity index (χ0v) is 19.2. The Balaban J connectivity index is 1.78. The third-order valence-electron chi connectivity index (χ3n) is 5.73. The summed E-state index contributed by atoms with van der Waals surface area (Å²) in [7, 11) is -0.665. The first-order chi connectivity index (χ1) is 15.0. The number of hydrogen-bond donors (Lipinski definition) is 1. The summed E-state index contributed by atoms with van der Waals surface area (Å²) in [4.78, 5) is 26.8. The van der Waals surface area contributed by atoms with Crippen molar-refractivity contribution in [3.63, 3.8) is 0 Å². The van der Waals surface area contributed by atoms with Crippen molar-refractivity contribution in [2.24, 2.45) is 5.14 Å². The van der Waals surface area contributed by atoms with Gasteiger partial charge >= 0.3 is 5.63 Å². The number of sulfonamides is 1. The number of nitrogens with zero attached hydrogens (tertiary/aromatic N) is 1. The fourth-order valence-corrected chi connectivity index (χ4v) is 4.16. The topological polar surface area (TPSA) is 120 Å². The maximum atomic E-state index is 12.8. The number of aryl methyl sites for hydroxylation is 1. The minimum atomic E-state index is -3.84. The third-order valence-corrected chi connectivity index (χ3v) is 6.64. The molecule has 3 aromatic rings. The van der Waals surface area contributed by atoms with Crippen LogP contribution >= 0.6 is 0 Å². The lowest BCUT2D eigenvalue weighted by Crippen LogP contribution is -2.30. The summed E-state index contributed by atoms with van der Waals surface area (Å²) in [6, 6.07) is 11.1. The molecule has 1 amide bonds. The van der Waals surface area contributed by atoms with Gasteiger partial charge in [-0.3, -0.25) is 4.79 Å². The normalized spacial score (nSPS) is 12.5. The van der Waals surface area contributed by atoms with Crippen molar-refractivity contribution >= 4 is 26.9 Å². The van der Waals surface area contributed by atoms with Crippen LogP contribution in [0.2, 0.25) is 0 Å². The van der Waals surface area contributed by atoms with E-state index in [2.05, 4.69) is 0 Å². The van der Waals surface area contributed by atoms with Crippen LogP contribution in [0, 0.1) is 6.92 Å². The lowest BCUT2D eigenvalue weighted by Gasteiger charge is -2.26. The fraction of sp³-hybridized carbons (Fsp3) is 0.304. The van der Waals surface area contributed by atoms with Crippen LogP contribution in [0.25, 0.3) is 11.0 Å². The van der Waals surface area contributed by atoms with Gasteiger partial charge in [-0.2, -0.15) is 0 Å². The van der Waals surface area contributed by atoms with Crippen molar-refractivity contribution in [1.82, 2.24) is 4.90 Å². The highest BCUT2D eigenvalue weighted by Gasteiger charge is 2.20. The number of benzene rings is 2. The molecule has 0 saturated carbocycles. The molecule has 1 heterocycles. The van der Waals surface area contributed by atoms with E-state index in [0.717, 1.165) is 10.9 Å². The zero-order chi connectivity index (χ0) is 23.6. The highest BCUT2D eigenvalue weighted by Crippen LogP contribution is 2.25. The van der Waals surface area contributed by atoms with Crippen molar-refractivity contribution < 1.29 is 22.4 Å². The van der Waals surface area contributed by atoms with E-state index < -0.39 is 15.6 Å². The van der Waals surface area contributed by atoms with Gasteiger partial charge in [0, 0.05) is 30.5 Å². The van der Waals surface area contributed by atoms with Crippen molar-refractivity contribution in [3.8, 4) is 5.75 Å². The summed E-state index contributed by atoms with van der Waals surface area (Å²) < 4.78 is 33.8. The van der Waals surface area contributed by atoms with E-state index in [1.807, 2.05) is 13.0 Å². The minimum Gasteiger partial charge on any atom is -0.497 e. The predicted octanol–water partition coefficient (Wildman–Crippen LogP) is 2.91. The van der Waals surface area contributed by atoms with Crippen molar-refractivity contribution in [1.29, 1.82) is 0 Å². The number of fused-ring (bicyclic) bond motifs is 1. The average Bonchev–Trinajstić information content (AvgIpc) is 2.76. The van der Waals surface area contributed by atoms with E-state index in [9.17, 15) is 18.0 Å². The van der Waals surface area contributed by atoms with Gasteiger partial charge in [-0.1, -0.05) is 12.1 Å². The predicted molar refractivity (Wildman–Crippen MR) is 121 cm³/mol. The number of nitrogens with two attached hydrogens (primary N) is 1. The van der Waals surface area contributed by atoms with Crippen LogP contribution in [0.3, 0.4) is 0 Å². The van der Waals surface area contributed by atoms with Crippen LogP contribution in [0.15, 0.2) is 56.6 Å². The van der Waals surface area contributed by atoms with Gasteiger partial charge in [0.05, 0.1) is 18.0 Å². The van der Waals surface area contributed by atoms with Crippen LogP contribution in [0.5, 0.6) is 5.75 Å². The number of rotatable bonds is 7. The quantitative estimate of drug-likeness (QED) is 0.544. The molecule has 0 bridgehead atoms. The standard InChI is InChI=1S/C23H26N2O6S/c1-14-19-9-8-17(30-4)13-21(19)31-23(27)20(14)10-11-22(26)25(3)15(2)16-6-5-7-18(12-16)32(24,28)29/h5-9,12-13,15H,10-11H2,1-4H3,(H2,24,28,29). The van der Waals surface area contributed by atoms with Gasteiger partial charge in [0.15, 0.2) is 0 Å². The van der Waals surface area contributed by atoms with E-state index in [1.54, 1.807) is 38.2 Å². The summed E-state index contributed by atoms with van der Waals surface area (Å²) in [5, 5.41) is 5.99. The molecule has 1 unspecified atom stereocenters. The monoisotopic (exact) mass is 458 g/mol. The number of ether oxygens (including phenoxy) is 1. The molecule has 2 aromatic carbocycles. The Labute approximate surface area is 186 Å². The summed E-state index contributed by atoms with van der Waals surface area (Å²) in [6.45, 7) is 3.62. The van der Waals surface area contributed by atoms with Gasteiger partial charge in [0.2, 0.25) is 15.9 Å². The molecule has 9 heteroatoms. The highest BCUT2D eigenvalue weighted by atomic mass is 32.2. The lowest BCUT2D eigenvalue weighted by atomic mass is 10.0. The SMILES string of the molecule is COc1ccc2c(C)c(CCC(=O)N(C)C(C)c3cccc(S(N)(=O)=O)c3)c(=O)oc2c1. The molecule has 2 N–H and O–H groups in total. The molecule has 0 spiro atoms. The second kappa shape index (κ2) is 9.13. The molecule has 0 saturated heterocycles. The Kier molecular flexibility index (Phi) is 6.71. The maximum Gasteiger partial charge on any atom is 0.339 e. The first-order valence-corrected chi connectivity index (χ1v) is 11.6. The van der Waals surface area contributed by atoms with Crippen LogP contribution in [-0.4, -0.2) is 33.4 Å². The second-order valence-corrected chi connectivity index (χ2v) is 9.21. The number of carbonyl (C=O) groups excluding carboxylic acids is 1. The molecule has 0 radical (unpaired) electrons. The van der Waals surface area contributed by atoms with E-state index in [-0.39, 0.29) is 29.7 Å². The van der Waals surface area contributed by atoms with Crippen LogP contribution in [0.4, 0.5) is 0 Å². The van der Waals surface area contributed by atoms with Gasteiger partial charge in [0.1, 0.15) is 11.3 Å². The molecule has 32 heavy (non-hydrogen) atoms. The molecule has 0 aliphatic carbocycles. The molecule has 8 nitrogen and oxygen atoms in total. The Morgan fingerprint density at radius 1 is 1.22 bits per heavy atom. The molecule has 1 atom stereocenters. The molecule has 170 valence electrons. The van der Waals surface area contributed by atoms with E-state index in [0.29, 0.717) is 22.5 Å². The molecule has 0 aliphatic rings. The van der Waals surface area contributed by atoms with Gasteiger partial charge < -0.3 is 14.1 Å². The smallest absolute Gasteiger partial charge is 0.339 e. The minimum absolute atomic E-state index is 0.0104. The Morgan fingerprint density at radius 2 is 1.94 bits per heavy atom. The van der Waals surface area contributed by atoms with Crippen LogP contribution in [-0.2, 0) is 21.2 Å². The Hall–Kier alpha value is -3.17. The highest BCUT2D eigenvalue weighted by molar-refractivity contribution is 7.89. The molecular formula is C23H26N2O6S. The van der Waals surface area contributed by atoms with Crippen molar-refractivity contribution in [2.75, 3.05) is 14.2 Å². The fourth-order valence-electron chi connectivity index (χ4n) is 3.59. The van der Waals surface area contributed by atoms with Gasteiger partial charge in [-0.15, -0.1) is 0 Å². The van der Waals surface area contributed by atoms with E-state index in [1.165, 1.54) is 24.1 Å². The molecule has 0 aliphatic heterocycles. The van der Waals surface area contributed by atoms with Crippen molar-refractivity contribution in [2.45, 2.75) is 37.6 Å². The first kappa shape index (κ1) is 23.5. The number of methoxy groups -OCH3 is 1. The number of hydrogen-bond acceptors (Lipinski definition) is 6. The van der Waals surface area contributed by atoms with E-state index in [4.69, 9.17) is 14.3 Å². The van der Waals surface area contributed by atoms with Gasteiger partial charge in [0.25, 0.3) is 0 Å². The van der Waals surface area contributed by atoms with E-state index >= 15 is 0 Å². The molecule has 1 aromatic heterocycles. The summed E-state index contributed by atoms with van der Waals surface area (Å²) in [6.07, 6.45) is 0.326. The number of amides is 1. The average molecular weight is 459 g/mol. The summed E-state index contributed by atoms with van der Waals surface area (Å²) in [5.41, 5.74) is 1.81. The second-order valence-electron chi connectivity index (χ2n) is 7.65. The van der Waals surface area contributed by atoms with Gasteiger partial charge in [-0.05, 0) is 55.7 Å². The first-order valence-electron chi connectivity index (χ1n) is 10.0.